The molecule has 0 spiro atoms. The molecule has 0 amide bonds. The monoisotopic (exact) mass is 487 g/mol. The number of hydrogen-bond acceptors (Lipinski definition) is 2. The molecule has 0 unspecified atom stereocenters. The van der Waals surface area contributed by atoms with Crippen LogP contribution in [0.1, 0.15) is 43.4 Å². The predicted octanol–water partition coefficient (Wildman–Crippen LogP) is 8.16. The van der Waals surface area contributed by atoms with Crippen LogP contribution in [0, 0.1) is 0 Å². The molecule has 0 fully saturated rings. The zero-order valence-corrected chi connectivity index (χ0v) is 22.0. The fourth-order valence-corrected chi connectivity index (χ4v) is 5.64. The molecule has 1 N–H and O–H groups in total. The summed E-state index contributed by atoms with van der Waals surface area (Å²) in [6.07, 6.45) is 2.24. The maximum atomic E-state index is 12.0. The Morgan fingerprint density at radius 3 is 1.51 bits per heavy atom. The van der Waals surface area contributed by atoms with Crippen molar-refractivity contribution in [3.05, 3.63) is 132 Å². The van der Waals surface area contributed by atoms with E-state index in [1.165, 1.54) is 38.2 Å². The Morgan fingerprint density at radius 1 is 0.568 bits per heavy atom. The van der Waals surface area contributed by atoms with E-state index in [9.17, 15) is 5.11 Å². The number of benzene rings is 5. The van der Waals surface area contributed by atoms with Crippen molar-refractivity contribution in [3.8, 4) is 0 Å². The van der Waals surface area contributed by atoms with Gasteiger partial charge in [0.15, 0.2) is 0 Å². The van der Waals surface area contributed by atoms with Crippen LogP contribution < -0.4 is 0 Å². The quantitative estimate of drug-likeness (QED) is 0.215. The molecule has 0 radical (unpaired) electrons. The van der Waals surface area contributed by atoms with Crippen LogP contribution in [0.5, 0.6) is 0 Å². The Hall–Kier alpha value is -3.46. The maximum absolute atomic E-state index is 12.0. The zero-order chi connectivity index (χ0) is 25.7. The van der Waals surface area contributed by atoms with Crippen molar-refractivity contribution in [1.82, 2.24) is 4.90 Å². The lowest BCUT2D eigenvalue weighted by Crippen LogP contribution is -2.53. The van der Waals surface area contributed by atoms with Crippen LogP contribution in [-0.2, 0) is 19.5 Å². The van der Waals surface area contributed by atoms with E-state index >= 15 is 0 Å². The minimum Gasteiger partial charge on any atom is -0.388 e. The molecule has 0 saturated heterocycles. The van der Waals surface area contributed by atoms with E-state index < -0.39 is 5.60 Å². The third kappa shape index (κ3) is 5.77. The first-order valence-electron chi connectivity index (χ1n) is 13.5. The van der Waals surface area contributed by atoms with Crippen molar-refractivity contribution in [2.24, 2.45) is 0 Å². The summed E-state index contributed by atoms with van der Waals surface area (Å²) in [5.41, 5.74) is 3.01. The summed E-state index contributed by atoms with van der Waals surface area (Å²) in [6.45, 7) is 5.78. The van der Waals surface area contributed by atoms with Crippen LogP contribution in [0.25, 0.3) is 21.5 Å². The highest BCUT2D eigenvalue weighted by Crippen LogP contribution is 2.31. The number of rotatable bonds is 10. The van der Waals surface area contributed by atoms with Gasteiger partial charge in [0.1, 0.15) is 0 Å². The molecule has 2 heteroatoms. The summed E-state index contributed by atoms with van der Waals surface area (Å²) >= 11 is 0. The molecule has 2 nitrogen and oxygen atoms in total. The van der Waals surface area contributed by atoms with Crippen LogP contribution in [0.4, 0.5) is 0 Å². The Morgan fingerprint density at radius 2 is 1.03 bits per heavy atom. The van der Waals surface area contributed by atoms with E-state index in [0.717, 1.165) is 19.5 Å². The van der Waals surface area contributed by atoms with Gasteiger partial charge in [0.05, 0.1) is 5.60 Å². The van der Waals surface area contributed by atoms with Gasteiger partial charge in [0, 0.05) is 19.1 Å². The Bertz CT molecular complexity index is 1370. The third-order valence-electron chi connectivity index (χ3n) is 7.96. The van der Waals surface area contributed by atoms with Crippen molar-refractivity contribution < 1.29 is 5.11 Å². The van der Waals surface area contributed by atoms with Crippen molar-refractivity contribution >= 4 is 21.5 Å². The second-order valence-corrected chi connectivity index (χ2v) is 10.3. The fraction of sp³-hybridized carbons (Fsp3) is 0.257. The van der Waals surface area contributed by atoms with Crippen LogP contribution in [0.2, 0.25) is 0 Å². The van der Waals surface area contributed by atoms with Gasteiger partial charge in [0.2, 0.25) is 0 Å². The molecule has 1 atom stereocenters. The summed E-state index contributed by atoms with van der Waals surface area (Å²) in [5, 5.41) is 17.0. The van der Waals surface area contributed by atoms with Crippen molar-refractivity contribution in [1.29, 1.82) is 0 Å². The third-order valence-corrected chi connectivity index (χ3v) is 7.96. The van der Waals surface area contributed by atoms with Crippen LogP contribution in [0.15, 0.2) is 115 Å². The van der Waals surface area contributed by atoms with Gasteiger partial charge in [-0.1, -0.05) is 117 Å². The molecule has 0 heterocycles. The molecule has 5 aromatic carbocycles. The fourth-order valence-electron chi connectivity index (χ4n) is 5.64. The molecule has 0 bridgehead atoms. The second-order valence-electron chi connectivity index (χ2n) is 10.3. The minimum atomic E-state index is -0.788. The first-order valence-corrected chi connectivity index (χ1v) is 13.5. The molecular formula is C35H37NO. The number of aliphatic hydroxyl groups is 1. The van der Waals surface area contributed by atoms with Crippen molar-refractivity contribution in [3.63, 3.8) is 0 Å². The highest BCUT2D eigenvalue weighted by Gasteiger charge is 2.37. The molecule has 0 saturated carbocycles. The Labute approximate surface area is 221 Å². The van der Waals surface area contributed by atoms with Gasteiger partial charge in [0.25, 0.3) is 0 Å². The standard InChI is InChI=1S/C35H37NO/c1-3-35(37,4-2)34(24-27-12-6-5-7-13-27)36(25-28-18-20-30-14-8-10-16-32(30)22-28)26-29-19-21-31-15-9-11-17-33(31)23-29/h5-23,34,37H,3-4,24-26H2,1-2H3/t34-/m1/s1. The highest BCUT2D eigenvalue weighted by molar-refractivity contribution is 5.83. The number of nitrogens with zero attached hydrogens (tertiary/aromatic N) is 1. The molecule has 5 aromatic rings. The molecule has 0 aliphatic heterocycles. The molecule has 0 aliphatic rings. The summed E-state index contributed by atoms with van der Waals surface area (Å²) in [6, 6.07) is 41.2. The molecule has 0 aromatic heterocycles. The van der Waals surface area contributed by atoms with Crippen LogP contribution in [-0.4, -0.2) is 21.6 Å². The van der Waals surface area contributed by atoms with E-state index in [1.54, 1.807) is 0 Å². The van der Waals surface area contributed by atoms with Crippen LogP contribution >= 0.6 is 0 Å². The summed E-state index contributed by atoms with van der Waals surface area (Å²) in [5.74, 6) is 0. The number of hydrogen-bond donors (Lipinski definition) is 1. The van der Waals surface area contributed by atoms with E-state index in [-0.39, 0.29) is 6.04 Å². The van der Waals surface area contributed by atoms with Crippen molar-refractivity contribution in [2.75, 3.05) is 0 Å². The zero-order valence-electron chi connectivity index (χ0n) is 22.0. The second kappa shape index (κ2) is 11.3. The normalized spacial score (nSPS) is 12.9. The Balaban J connectivity index is 1.56. The Kier molecular flexibility index (Phi) is 7.69. The van der Waals surface area contributed by atoms with Gasteiger partial charge in [-0.2, -0.15) is 0 Å². The topological polar surface area (TPSA) is 23.5 Å². The van der Waals surface area contributed by atoms with Gasteiger partial charge >= 0.3 is 0 Å². The average Bonchev–Trinajstić information content (AvgIpc) is 2.95. The maximum Gasteiger partial charge on any atom is 0.0800 e. The minimum absolute atomic E-state index is 0.0251. The molecule has 0 aliphatic carbocycles. The van der Waals surface area contributed by atoms with Gasteiger partial charge in [-0.25, -0.2) is 0 Å². The van der Waals surface area contributed by atoms with Gasteiger partial charge in [-0.3, -0.25) is 4.90 Å². The predicted molar refractivity (Wildman–Crippen MR) is 157 cm³/mol. The molecular weight excluding hydrogens is 450 g/mol. The summed E-state index contributed by atoms with van der Waals surface area (Å²) < 4.78 is 0. The largest absolute Gasteiger partial charge is 0.388 e. The summed E-state index contributed by atoms with van der Waals surface area (Å²) in [7, 11) is 0. The van der Waals surface area contributed by atoms with E-state index in [4.69, 9.17) is 0 Å². The first-order chi connectivity index (χ1) is 18.1. The smallest absolute Gasteiger partial charge is 0.0800 e. The SMILES string of the molecule is CCC(O)(CC)[C@@H](Cc1ccccc1)N(Cc1ccc2ccccc2c1)Cc1ccc2ccccc2c1. The van der Waals surface area contributed by atoms with Gasteiger partial charge in [-0.05, 0) is 69.6 Å². The molecule has 5 rings (SSSR count). The lowest BCUT2D eigenvalue weighted by Gasteiger charge is -2.43. The van der Waals surface area contributed by atoms with Crippen molar-refractivity contribution in [2.45, 2.75) is 57.8 Å². The van der Waals surface area contributed by atoms with E-state index in [2.05, 4.69) is 134 Å². The summed E-state index contributed by atoms with van der Waals surface area (Å²) in [4.78, 5) is 2.51. The van der Waals surface area contributed by atoms with E-state index in [0.29, 0.717) is 12.8 Å². The lowest BCUT2D eigenvalue weighted by molar-refractivity contribution is -0.0597. The highest BCUT2D eigenvalue weighted by atomic mass is 16.3. The lowest BCUT2D eigenvalue weighted by atomic mass is 9.83. The molecule has 37 heavy (non-hydrogen) atoms. The van der Waals surface area contributed by atoms with E-state index in [1.807, 2.05) is 0 Å². The van der Waals surface area contributed by atoms with Gasteiger partial charge < -0.3 is 5.11 Å². The first kappa shape index (κ1) is 25.2. The number of fused-ring (bicyclic) bond motifs is 2. The molecule has 188 valence electrons. The average molecular weight is 488 g/mol. The van der Waals surface area contributed by atoms with Crippen LogP contribution in [0.3, 0.4) is 0 Å². The van der Waals surface area contributed by atoms with Gasteiger partial charge in [-0.15, -0.1) is 0 Å².